The lowest BCUT2D eigenvalue weighted by Crippen LogP contribution is -2.14. The van der Waals surface area contributed by atoms with Crippen molar-refractivity contribution in [1.29, 1.82) is 0 Å². The minimum absolute atomic E-state index is 0.381. The van der Waals surface area contributed by atoms with E-state index in [4.69, 9.17) is 9.57 Å². The van der Waals surface area contributed by atoms with Gasteiger partial charge in [0.1, 0.15) is 18.1 Å². The largest absolute Gasteiger partial charge is 0.490 e. The third-order valence-electron chi connectivity index (χ3n) is 5.07. The fourth-order valence-corrected chi connectivity index (χ4v) is 4.38. The zero-order valence-corrected chi connectivity index (χ0v) is 18.5. The second kappa shape index (κ2) is 11.0. The van der Waals surface area contributed by atoms with Gasteiger partial charge < -0.3 is 14.9 Å². The first kappa shape index (κ1) is 21.4. The van der Waals surface area contributed by atoms with Crippen LogP contribution in [-0.4, -0.2) is 41.6 Å². The molecule has 0 saturated carbocycles. The Balaban J connectivity index is 1.20. The summed E-state index contributed by atoms with van der Waals surface area (Å²) in [5.41, 5.74) is 5.11. The second-order valence-corrected chi connectivity index (χ2v) is 8.68. The summed E-state index contributed by atoms with van der Waals surface area (Å²) >= 11 is 1.99. The summed E-state index contributed by atoms with van der Waals surface area (Å²) in [6, 6.07) is 22.5. The van der Waals surface area contributed by atoms with Crippen LogP contribution >= 0.6 is 11.8 Å². The number of ether oxygens (including phenoxy) is 1. The first-order valence-corrected chi connectivity index (χ1v) is 11.6. The van der Waals surface area contributed by atoms with Crippen molar-refractivity contribution in [3.05, 3.63) is 84.2 Å². The maximum atomic E-state index is 5.76. The van der Waals surface area contributed by atoms with Gasteiger partial charge in [-0.05, 0) is 42.7 Å². The van der Waals surface area contributed by atoms with Gasteiger partial charge in [0.25, 0.3) is 0 Å². The molecule has 0 aliphatic carbocycles. The third-order valence-corrected chi connectivity index (χ3v) is 6.24. The lowest BCUT2D eigenvalue weighted by atomic mass is 10.1. The summed E-state index contributed by atoms with van der Waals surface area (Å²) in [5.74, 6) is 1.91. The van der Waals surface area contributed by atoms with Gasteiger partial charge in [-0.2, -0.15) is 0 Å². The molecule has 1 aliphatic rings. The second-order valence-electron chi connectivity index (χ2n) is 7.39. The Morgan fingerprint density at radius 3 is 2.58 bits per heavy atom. The summed E-state index contributed by atoms with van der Waals surface area (Å²) in [6.45, 7) is 3.81. The Bertz CT molecular complexity index is 970. The number of nitrogens with one attached hydrogen (secondary N) is 1. The van der Waals surface area contributed by atoms with Crippen molar-refractivity contribution in [2.24, 2.45) is 5.16 Å². The van der Waals surface area contributed by atoms with Gasteiger partial charge in [-0.3, -0.25) is 4.98 Å². The first-order chi connectivity index (χ1) is 15.3. The molecule has 0 bridgehead atoms. The highest BCUT2D eigenvalue weighted by atomic mass is 32.2. The minimum Gasteiger partial charge on any atom is -0.490 e. The number of aromatic nitrogens is 1. The molecule has 0 spiro atoms. The molecular weight excluding hydrogens is 406 g/mol. The van der Waals surface area contributed by atoms with Crippen LogP contribution in [0.3, 0.4) is 0 Å². The molecule has 0 radical (unpaired) electrons. The van der Waals surface area contributed by atoms with Crippen LogP contribution in [0.1, 0.15) is 18.2 Å². The summed E-state index contributed by atoms with van der Waals surface area (Å²) < 4.78 is 5.76. The van der Waals surface area contributed by atoms with E-state index in [9.17, 15) is 0 Å². The van der Waals surface area contributed by atoms with Gasteiger partial charge in [0.15, 0.2) is 6.61 Å². The Hall–Kier alpha value is -2.83. The van der Waals surface area contributed by atoms with Gasteiger partial charge in [-0.1, -0.05) is 53.7 Å². The number of benzene rings is 2. The molecule has 4 rings (SSSR count). The molecule has 160 valence electrons. The van der Waals surface area contributed by atoms with E-state index in [0.29, 0.717) is 18.5 Å². The Kier molecular flexibility index (Phi) is 7.58. The van der Waals surface area contributed by atoms with Crippen LogP contribution in [-0.2, 0) is 11.3 Å². The first-order valence-electron chi connectivity index (χ1n) is 10.5. The van der Waals surface area contributed by atoms with Gasteiger partial charge in [-0.15, -0.1) is 11.8 Å². The molecule has 3 aromatic rings. The maximum Gasteiger partial charge on any atom is 0.151 e. The predicted molar refractivity (Wildman–Crippen MR) is 128 cm³/mol. The van der Waals surface area contributed by atoms with Gasteiger partial charge >= 0.3 is 0 Å². The van der Waals surface area contributed by atoms with Crippen LogP contribution < -0.4 is 10.1 Å². The van der Waals surface area contributed by atoms with Crippen LogP contribution in [0.4, 0.5) is 0 Å². The van der Waals surface area contributed by atoms with Gasteiger partial charge in [0.2, 0.25) is 0 Å². The maximum absolute atomic E-state index is 5.76. The van der Waals surface area contributed by atoms with Crippen molar-refractivity contribution in [3.8, 4) is 16.9 Å². The number of pyridine rings is 1. The number of rotatable bonds is 9. The SMILES string of the molecule is CC(=NOCCOc1ccc(CC2CNCS2)cc1)c1ccc(-c2ccccc2)cn1. The molecule has 1 aromatic heterocycles. The number of hydrogen-bond acceptors (Lipinski definition) is 6. The Morgan fingerprint density at radius 2 is 1.87 bits per heavy atom. The van der Waals surface area contributed by atoms with Crippen molar-refractivity contribution in [1.82, 2.24) is 10.3 Å². The molecule has 2 aromatic carbocycles. The van der Waals surface area contributed by atoms with Crippen LogP contribution in [0, 0.1) is 0 Å². The summed E-state index contributed by atoms with van der Waals surface area (Å²) in [4.78, 5) is 9.91. The normalized spacial score (nSPS) is 16.3. The van der Waals surface area contributed by atoms with E-state index in [1.165, 1.54) is 5.56 Å². The van der Waals surface area contributed by atoms with Crippen molar-refractivity contribution in [2.75, 3.05) is 25.6 Å². The fourth-order valence-electron chi connectivity index (χ4n) is 3.37. The third kappa shape index (κ3) is 6.32. The van der Waals surface area contributed by atoms with Gasteiger partial charge in [0, 0.05) is 29.4 Å². The van der Waals surface area contributed by atoms with Crippen LogP contribution in [0.15, 0.2) is 78.1 Å². The highest BCUT2D eigenvalue weighted by Gasteiger charge is 2.15. The van der Waals surface area contributed by atoms with E-state index >= 15 is 0 Å². The topological polar surface area (TPSA) is 55.7 Å². The molecule has 6 heteroatoms. The van der Waals surface area contributed by atoms with Crippen molar-refractivity contribution < 1.29 is 9.57 Å². The Labute approximate surface area is 187 Å². The molecule has 1 fully saturated rings. The monoisotopic (exact) mass is 433 g/mol. The zero-order valence-electron chi connectivity index (χ0n) is 17.7. The van der Waals surface area contributed by atoms with E-state index in [0.717, 1.165) is 47.1 Å². The molecule has 1 unspecified atom stereocenters. The van der Waals surface area contributed by atoms with Crippen LogP contribution in [0.5, 0.6) is 5.75 Å². The summed E-state index contributed by atoms with van der Waals surface area (Å²) in [5, 5.41) is 8.22. The molecule has 5 nitrogen and oxygen atoms in total. The van der Waals surface area contributed by atoms with Crippen molar-refractivity contribution in [2.45, 2.75) is 18.6 Å². The quantitative estimate of drug-likeness (QED) is 0.299. The highest BCUT2D eigenvalue weighted by Crippen LogP contribution is 2.21. The van der Waals surface area contributed by atoms with Crippen molar-refractivity contribution in [3.63, 3.8) is 0 Å². The zero-order chi connectivity index (χ0) is 21.3. The average Bonchev–Trinajstić information content (AvgIpc) is 3.33. The van der Waals surface area contributed by atoms with Gasteiger partial charge in [0.05, 0.1) is 5.69 Å². The molecule has 0 amide bonds. The van der Waals surface area contributed by atoms with E-state index < -0.39 is 0 Å². The minimum atomic E-state index is 0.381. The summed E-state index contributed by atoms with van der Waals surface area (Å²) in [6.07, 6.45) is 2.95. The van der Waals surface area contributed by atoms with E-state index in [2.05, 4.69) is 39.7 Å². The lowest BCUT2D eigenvalue weighted by Gasteiger charge is -2.09. The van der Waals surface area contributed by atoms with Crippen LogP contribution in [0.25, 0.3) is 11.1 Å². The van der Waals surface area contributed by atoms with Gasteiger partial charge in [-0.25, -0.2) is 0 Å². The van der Waals surface area contributed by atoms with Crippen molar-refractivity contribution >= 4 is 17.5 Å². The number of hydrogen-bond donors (Lipinski definition) is 1. The molecule has 31 heavy (non-hydrogen) atoms. The number of thioether (sulfide) groups is 1. The van der Waals surface area contributed by atoms with E-state index in [1.54, 1.807) is 0 Å². The number of nitrogens with zero attached hydrogens (tertiary/aromatic N) is 2. The molecule has 1 saturated heterocycles. The molecule has 1 atom stereocenters. The standard InChI is InChI=1S/C25H27N3O2S/c1-19(25-12-9-22(16-27-25)21-5-3-2-4-6-21)28-30-14-13-29-23-10-7-20(8-11-23)15-24-17-26-18-31-24/h2-12,16,24,26H,13-15,17-18H2,1H3. The molecule has 1 N–H and O–H groups in total. The van der Waals surface area contributed by atoms with Crippen LogP contribution in [0.2, 0.25) is 0 Å². The molecular formula is C25H27N3O2S. The lowest BCUT2D eigenvalue weighted by molar-refractivity contribution is 0.107. The average molecular weight is 434 g/mol. The Morgan fingerprint density at radius 1 is 1.03 bits per heavy atom. The number of oxime groups is 1. The smallest absolute Gasteiger partial charge is 0.151 e. The van der Waals surface area contributed by atoms with E-state index in [1.807, 2.05) is 67.3 Å². The predicted octanol–water partition coefficient (Wildman–Crippen LogP) is 4.77. The highest BCUT2D eigenvalue weighted by molar-refractivity contribution is 8.00. The molecule has 1 aliphatic heterocycles. The fraction of sp³-hybridized carbons (Fsp3) is 0.280. The van der Waals surface area contributed by atoms with E-state index in [-0.39, 0.29) is 0 Å². The molecule has 2 heterocycles. The summed E-state index contributed by atoms with van der Waals surface area (Å²) in [7, 11) is 0.